The zero-order valence-corrected chi connectivity index (χ0v) is 8.38. The van der Waals surface area contributed by atoms with Crippen molar-refractivity contribution in [2.75, 3.05) is 6.67 Å². The molecule has 0 heterocycles. The van der Waals surface area contributed by atoms with E-state index in [0.29, 0.717) is 0 Å². The summed E-state index contributed by atoms with van der Waals surface area (Å²) in [4.78, 5) is 10.6. The number of esters is 1. The zero-order valence-electron chi connectivity index (χ0n) is 8.38. The highest BCUT2D eigenvalue weighted by atomic mass is 19.4. The Kier molecular flexibility index (Phi) is 4.19. The van der Waals surface area contributed by atoms with E-state index in [-0.39, 0.29) is 0 Å². The molecule has 0 amide bonds. The van der Waals surface area contributed by atoms with Crippen molar-refractivity contribution in [3.8, 4) is 0 Å². The number of alkyl halides is 7. The minimum atomic E-state index is -6.24. The molecule has 0 saturated heterocycles. The van der Waals surface area contributed by atoms with Crippen LogP contribution in [0.15, 0.2) is 12.2 Å². The second-order valence-electron chi connectivity index (χ2n) is 3.12. The molecule has 0 spiro atoms. The Morgan fingerprint density at radius 1 is 1.18 bits per heavy atom. The molecule has 9 heteroatoms. The molecule has 0 bridgehead atoms. The molecule has 0 saturated carbocycles. The van der Waals surface area contributed by atoms with Crippen molar-refractivity contribution >= 4 is 5.97 Å². The van der Waals surface area contributed by atoms with Crippen LogP contribution in [0.5, 0.6) is 0 Å². The van der Waals surface area contributed by atoms with Gasteiger partial charge in [0.05, 0.1) is 0 Å². The SMILES string of the molecule is C=C(C)C(=O)OC(F)(F)C(F)(CF)C(F)(F)F. The van der Waals surface area contributed by atoms with Gasteiger partial charge < -0.3 is 4.74 Å². The lowest BCUT2D eigenvalue weighted by molar-refractivity contribution is -0.371. The third-order valence-corrected chi connectivity index (χ3v) is 1.66. The topological polar surface area (TPSA) is 26.3 Å². The van der Waals surface area contributed by atoms with E-state index in [9.17, 15) is 35.5 Å². The van der Waals surface area contributed by atoms with Gasteiger partial charge in [-0.3, -0.25) is 0 Å². The van der Waals surface area contributed by atoms with Crippen molar-refractivity contribution in [2.24, 2.45) is 0 Å². The summed E-state index contributed by atoms with van der Waals surface area (Å²) < 4.78 is 89.1. The van der Waals surface area contributed by atoms with E-state index in [1.54, 1.807) is 0 Å². The van der Waals surface area contributed by atoms with Crippen LogP contribution >= 0.6 is 0 Å². The Labute approximate surface area is 91.0 Å². The third kappa shape index (κ3) is 2.89. The molecule has 100 valence electrons. The van der Waals surface area contributed by atoms with Gasteiger partial charge in [-0.2, -0.15) is 22.0 Å². The maximum absolute atomic E-state index is 12.9. The van der Waals surface area contributed by atoms with Crippen molar-refractivity contribution in [3.05, 3.63) is 12.2 Å². The molecule has 0 N–H and O–H groups in total. The Morgan fingerprint density at radius 2 is 1.59 bits per heavy atom. The summed E-state index contributed by atoms with van der Waals surface area (Å²) in [6, 6.07) is 0. The van der Waals surface area contributed by atoms with Gasteiger partial charge in [0.2, 0.25) is 0 Å². The summed E-state index contributed by atoms with van der Waals surface area (Å²) in [5.74, 6) is -1.96. The number of hydrogen-bond acceptors (Lipinski definition) is 2. The molecular formula is C8H7F7O2. The van der Waals surface area contributed by atoms with Gasteiger partial charge in [-0.15, -0.1) is 0 Å². The van der Waals surface area contributed by atoms with Crippen LogP contribution in [0.25, 0.3) is 0 Å². The Hall–Kier alpha value is -1.28. The van der Waals surface area contributed by atoms with Crippen molar-refractivity contribution < 1.29 is 40.3 Å². The molecule has 0 aliphatic heterocycles. The number of carbonyl (C=O) groups excluding carboxylic acids is 1. The fraction of sp³-hybridized carbons (Fsp3) is 0.625. The van der Waals surface area contributed by atoms with Gasteiger partial charge in [-0.05, 0) is 6.92 Å². The highest BCUT2D eigenvalue weighted by molar-refractivity contribution is 5.87. The fourth-order valence-electron chi connectivity index (χ4n) is 0.603. The van der Waals surface area contributed by atoms with Gasteiger partial charge in [0, 0.05) is 5.57 Å². The first-order chi connectivity index (χ1) is 7.39. The smallest absolute Gasteiger partial charge is 0.395 e. The lowest BCUT2D eigenvalue weighted by Crippen LogP contribution is -2.58. The first-order valence-electron chi connectivity index (χ1n) is 3.97. The Morgan fingerprint density at radius 3 is 1.82 bits per heavy atom. The van der Waals surface area contributed by atoms with E-state index in [2.05, 4.69) is 11.3 Å². The monoisotopic (exact) mass is 268 g/mol. The molecule has 0 aliphatic carbocycles. The molecule has 17 heavy (non-hydrogen) atoms. The molecule has 2 nitrogen and oxygen atoms in total. The average Bonchev–Trinajstić information content (AvgIpc) is 2.13. The zero-order chi connectivity index (χ0) is 14.1. The van der Waals surface area contributed by atoms with Crippen LogP contribution in [0.2, 0.25) is 0 Å². The predicted molar refractivity (Wildman–Crippen MR) is 41.7 cm³/mol. The van der Waals surface area contributed by atoms with Crippen LogP contribution in [-0.2, 0) is 9.53 Å². The molecule has 0 aromatic rings. The standard InChI is InChI=1S/C8H7F7O2/c1-4(2)5(16)17-8(14,15)6(10,3-9)7(11,12)13/h1,3H2,2H3. The van der Waals surface area contributed by atoms with Crippen LogP contribution in [0.3, 0.4) is 0 Å². The summed E-state index contributed by atoms with van der Waals surface area (Å²) in [7, 11) is 0. The van der Waals surface area contributed by atoms with Gasteiger partial charge in [0.1, 0.15) is 6.67 Å². The molecule has 0 radical (unpaired) electrons. The molecule has 0 rings (SSSR count). The normalized spacial score (nSPS) is 16.2. The van der Waals surface area contributed by atoms with Crippen molar-refractivity contribution in [2.45, 2.75) is 24.9 Å². The number of hydrogen-bond donors (Lipinski definition) is 0. The number of ether oxygens (including phenoxy) is 1. The highest BCUT2D eigenvalue weighted by Crippen LogP contribution is 2.46. The molecule has 0 aliphatic rings. The minimum absolute atomic E-state index is 0.687. The number of carbonyl (C=O) groups is 1. The maximum Gasteiger partial charge on any atom is 0.447 e. The van der Waals surface area contributed by atoms with E-state index in [0.717, 1.165) is 6.92 Å². The first-order valence-corrected chi connectivity index (χ1v) is 3.97. The molecule has 0 aromatic heterocycles. The second-order valence-corrected chi connectivity index (χ2v) is 3.12. The molecule has 1 atom stereocenters. The summed E-state index contributed by atoms with van der Waals surface area (Å²) >= 11 is 0. The molecular weight excluding hydrogens is 261 g/mol. The first kappa shape index (κ1) is 15.7. The predicted octanol–water partition coefficient (Wildman–Crippen LogP) is 2.94. The van der Waals surface area contributed by atoms with Crippen LogP contribution in [-0.4, -0.2) is 30.6 Å². The quantitative estimate of drug-likeness (QED) is 0.445. The van der Waals surface area contributed by atoms with E-state index in [4.69, 9.17) is 0 Å². The lowest BCUT2D eigenvalue weighted by Gasteiger charge is -2.31. The maximum atomic E-state index is 12.9. The van der Waals surface area contributed by atoms with Crippen LogP contribution in [0, 0.1) is 0 Å². The second kappa shape index (κ2) is 4.53. The lowest BCUT2D eigenvalue weighted by atomic mass is 10.1. The highest BCUT2D eigenvalue weighted by Gasteiger charge is 2.74. The number of halogens is 7. The molecule has 0 aromatic carbocycles. The number of rotatable bonds is 4. The van der Waals surface area contributed by atoms with Gasteiger partial charge in [-0.25, -0.2) is 13.6 Å². The van der Waals surface area contributed by atoms with E-state index >= 15 is 0 Å². The summed E-state index contributed by atoms with van der Waals surface area (Å²) in [6.45, 7) is 0.562. The molecule has 0 fully saturated rings. The van der Waals surface area contributed by atoms with Crippen LogP contribution < -0.4 is 0 Å². The van der Waals surface area contributed by atoms with E-state index in [1.807, 2.05) is 0 Å². The van der Waals surface area contributed by atoms with Crippen molar-refractivity contribution in [1.29, 1.82) is 0 Å². The van der Waals surface area contributed by atoms with Gasteiger partial charge in [0.15, 0.2) is 0 Å². The summed E-state index contributed by atoms with van der Waals surface area (Å²) in [6.07, 6.45) is -11.9. The van der Waals surface area contributed by atoms with Crippen LogP contribution in [0.4, 0.5) is 30.7 Å². The van der Waals surface area contributed by atoms with Gasteiger partial charge in [0.25, 0.3) is 0 Å². The third-order valence-electron chi connectivity index (χ3n) is 1.66. The van der Waals surface area contributed by atoms with Gasteiger partial charge in [-0.1, -0.05) is 6.58 Å². The minimum Gasteiger partial charge on any atom is -0.395 e. The Balaban J connectivity index is 5.27. The molecule has 1 unspecified atom stereocenters. The largest absolute Gasteiger partial charge is 0.447 e. The van der Waals surface area contributed by atoms with E-state index < -0.39 is 36.2 Å². The van der Waals surface area contributed by atoms with Crippen molar-refractivity contribution in [1.82, 2.24) is 0 Å². The van der Waals surface area contributed by atoms with Crippen molar-refractivity contribution in [3.63, 3.8) is 0 Å². The summed E-state index contributed by atoms with van der Waals surface area (Å²) in [5.41, 5.74) is -6.28. The summed E-state index contributed by atoms with van der Waals surface area (Å²) in [5, 5.41) is 0. The van der Waals surface area contributed by atoms with Gasteiger partial charge >= 0.3 is 23.9 Å². The van der Waals surface area contributed by atoms with E-state index in [1.165, 1.54) is 0 Å². The fourth-order valence-corrected chi connectivity index (χ4v) is 0.603. The Bertz CT molecular complexity index is 322. The average molecular weight is 268 g/mol. The van der Waals surface area contributed by atoms with Crippen LogP contribution in [0.1, 0.15) is 6.92 Å².